The second-order valence-electron chi connectivity index (χ2n) is 4.72. The molecule has 108 valence electrons. The Labute approximate surface area is 127 Å². The highest BCUT2D eigenvalue weighted by Gasteiger charge is 2.30. The molecule has 1 saturated heterocycles. The minimum Gasteiger partial charge on any atom is -0.328 e. The average molecular weight is 304 g/mol. The molecular formula is C14H14ClN5O. The molecule has 0 aromatic carbocycles. The molecule has 2 aromatic heterocycles. The minimum absolute atomic E-state index is 0.0778. The third kappa shape index (κ3) is 2.86. The zero-order valence-corrected chi connectivity index (χ0v) is 12.0. The van der Waals surface area contributed by atoms with Crippen LogP contribution in [0, 0.1) is 0 Å². The lowest BCUT2D eigenvalue weighted by atomic mass is 10.0. The fraction of sp³-hybridized carbons (Fsp3) is 0.286. The lowest BCUT2D eigenvalue weighted by molar-refractivity contribution is 0.0628. The number of nitrogens with one attached hydrogen (secondary N) is 1. The fourth-order valence-corrected chi connectivity index (χ4v) is 2.61. The monoisotopic (exact) mass is 303 g/mol. The molecule has 0 bridgehead atoms. The van der Waals surface area contributed by atoms with Crippen molar-refractivity contribution in [3.63, 3.8) is 0 Å². The van der Waals surface area contributed by atoms with E-state index in [1.165, 1.54) is 12.5 Å². The Morgan fingerprint density at radius 2 is 2.29 bits per heavy atom. The Hall–Kier alpha value is -2.05. The van der Waals surface area contributed by atoms with Gasteiger partial charge in [0.05, 0.1) is 11.1 Å². The molecule has 1 fully saturated rings. The van der Waals surface area contributed by atoms with Crippen LogP contribution >= 0.6 is 11.6 Å². The second kappa shape index (κ2) is 6.15. The van der Waals surface area contributed by atoms with Crippen molar-refractivity contribution in [3.8, 4) is 0 Å². The molecule has 21 heavy (non-hydrogen) atoms. The van der Waals surface area contributed by atoms with Gasteiger partial charge in [0, 0.05) is 38.2 Å². The second-order valence-corrected chi connectivity index (χ2v) is 5.13. The van der Waals surface area contributed by atoms with Gasteiger partial charge < -0.3 is 10.2 Å². The SMILES string of the molecule is O=C(c1ncncc1Cl)N1CCNCC1c1cccnc1. The molecule has 7 heteroatoms. The minimum atomic E-state index is -0.183. The highest BCUT2D eigenvalue weighted by atomic mass is 35.5. The van der Waals surface area contributed by atoms with E-state index in [1.807, 2.05) is 12.1 Å². The van der Waals surface area contributed by atoms with E-state index in [9.17, 15) is 4.79 Å². The van der Waals surface area contributed by atoms with Crippen LogP contribution in [0.4, 0.5) is 0 Å². The van der Waals surface area contributed by atoms with Crippen molar-refractivity contribution in [3.05, 3.63) is 53.3 Å². The molecule has 3 heterocycles. The van der Waals surface area contributed by atoms with Gasteiger partial charge in [0.15, 0.2) is 0 Å². The van der Waals surface area contributed by atoms with Gasteiger partial charge in [-0.15, -0.1) is 0 Å². The Morgan fingerprint density at radius 3 is 3.05 bits per heavy atom. The average Bonchev–Trinajstić information content (AvgIpc) is 2.55. The first-order chi connectivity index (χ1) is 10.3. The van der Waals surface area contributed by atoms with Crippen LogP contribution in [-0.2, 0) is 0 Å². The zero-order valence-electron chi connectivity index (χ0n) is 11.2. The molecule has 3 rings (SSSR count). The first-order valence-corrected chi connectivity index (χ1v) is 7.02. The lowest BCUT2D eigenvalue weighted by Gasteiger charge is -2.36. The molecule has 1 aliphatic heterocycles. The van der Waals surface area contributed by atoms with E-state index in [2.05, 4.69) is 20.3 Å². The maximum Gasteiger partial charge on any atom is 0.274 e. The number of carbonyl (C=O) groups excluding carboxylic acids is 1. The van der Waals surface area contributed by atoms with Crippen molar-refractivity contribution in [2.75, 3.05) is 19.6 Å². The maximum absolute atomic E-state index is 12.7. The van der Waals surface area contributed by atoms with Gasteiger partial charge in [-0.2, -0.15) is 0 Å². The van der Waals surface area contributed by atoms with Gasteiger partial charge in [-0.1, -0.05) is 17.7 Å². The van der Waals surface area contributed by atoms with E-state index in [1.54, 1.807) is 17.3 Å². The zero-order chi connectivity index (χ0) is 14.7. The van der Waals surface area contributed by atoms with E-state index in [4.69, 9.17) is 11.6 Å². The summed E-state index contributed by atoms with van der Waals surface area (Å²) in [5.41, 5.74) is 1.23. The predicted molar refractivity (Wildman–Crippen MR) is 77.9 cm³/mol. The molecule has 1 N–H and O–H groups in total. The summed E-state index contributed by atoms with van der Waals surface area (Å²) in [5, 5.41) is 3.57. The largest absolute Gasteiger partial charge is 0.328 e. The van der Waals surface area contributed by atoms with Gasteiger partial charge in [0.25, 0.3) is 5.91 Å². The Balaban J connectivity index is 1.91. The molecule has 0 aliphatic carbocycles. The maximum atomic E-state index is 12.7. The van der Waals surface area contributed by atoms with Gasteiger partial charge >= 0.3 is 0 Å². The number of aromatic nitrogens is 3. The van der Waals surface area contributed by atoms with Crippen LogP contribution in [0.25, 0.3) is 0 Å². The lowest BCUT2D eigenvalue weighted by Crippen LogP contribution is -2.49. The highest BCUT2D eigenvalue weighted by Crippen LogP contribution is 2.24. The number of hydrogen-bond acceptors (Lipinski definition) is 5. The van der Waals surface area contributed by atoms with E-state index in [-0.39, 0.29) is 22.7 Å². The summed E-state index contributed by atoms with van der Waals surface area (Å²) in [7, 11) is 0. The van der Waals surface area contributed by atoms with Gasteiger partial charge in [-0.25, -0.2) is 9.97 Å². The third-order valence-electron chi connectivity index (χ3n) is 3.44. The van der Waals surface area contributed by atoms with Crippen molar-refractivity contribution < 1.29 is 4.79 Å². The van der Waals surface area contributed by atoms with Crippen molar-refractivity contribution in [1.82, 2.24) is 25.2 Å². The van der Waals surface area contributed by atoms with Crippen molar-refractivity contribution in [2.45, 2.75) is 6.04 Å². The van der Waals surface area contributed by atoms with Gasteiger partial charge in [0.1, 0.15) is 12.0 Å². The van der Waals surface area contributed by atoms with Gasteiger partial charge in [0.2, 0.25) is 0 Å². The molecule has 1 unspecified atom stereocenters. The first kappa shape index (κ1) is 13.9. The van der Waals surface area contributed by atoms with Gasteiger partial charge in [-0.3, -0.25) is 9.78 Å². The molecule has 2 aromatic rings. The van der Waals surface area contributed by atoms with Crippen LogP contribution in [0.2, 0.25) is 5.02 Å². The van der Waals surface area contributed by atoms with Crippen molar-refractivity contribution in [1.29, 1.82) is 0 Å². The van der Waals surface area contributed by atoms with Crippen LogP contribution in [0.15, 0.2) is 37.1 Å². The van der Waals surface area contributed by atoms with Crippen molar-refractivity contribution >= 4 is 17.5 Å². The normalized spacial score (nSPS) is 18.5. The van der Waals surface area contributed by atoms with E-state index in [0.717, 1.165) is 12.1 Å². The molecule has 1 atom stereocenters. The molecule has 0 spiro atoms. The summed E-state index contributed by atoms with van der Waals surface area (Å²) in [6.45, 7) is 2.02. The molecule has 6 nitrogen and oxygen atoms in total. The molecule has 0 radical (unpaired) electrons. The van der Waals surface area contributed by atoms with Crippen LogP contribution in [0.5, 0.6) is 0 Å². The summed E-state index contributed by atoms with van der Waals surface area (Å²) in [4.78, 5) is 26.4. The first-order valence-electron chi connectivity index (χ1n) is 6.64. The highest BCUT2D eigenvalue weighted by molar-refractivity contribution is 6.33. The topological polar surface area (TPSA) is 71.0 Å². The van der Waals surface area contributed by atoms with Crippen LogP contribution < -0.4 is 5.32 Å². The number of hydrogen-bond donors (Lipinski definition) is 1. The number of piperazine rings is 1. The number of halogens is 1. The number of carbonyl (C=O) groups is 1. The Bertz CT molecular complexity index is 636. The van der Waals surface area contributed by atoms with Crippen LogP contribution in [0.1, 0.15) is 22.1 Å². The number of amides is 1. The smallest absolute Gasteiger partial charge is 0.274 e. The third-order valence-corrected chi connectivity index (χ3v) is 3.72. The Morgan fingerprint density at radius 1 is 1.38 bits per heavy atom. The number of rotatable bonds is 2. The predicted octanol–water partition coefficient (Wildman–Crippen LogP) is 1.31. The summed E-state index contributed by atoms with van der Waals surface area (Å²) in [5.74, 6) is -0.183. The standard InChI is InChI=1S/C14H14ClN5O/c15-11-7-18-9-19-13(11)14(21)20-5-4-17-8-12(20)10-2-1-3-16-6-10/h1-3,6-7,9,12,17H,4-5,8H2. The van der Waals surface area contributed by atoms with E-state index < -0.39 is 0 Å². The molecular weight excluding hydrogens is 290 g/mol. The summed E-state index contributed by atoms with van der Waals surface area (Å²) in [6.07, 6.45) is 6.26. The number of nitrogens with zero attached hydrogens (tertiary/aromatic N) is 4. The summed E-state index contributed by atoms with van der Waals surface area (Å²) >= 11 is 6.03. The fourth-order valence-electron chi connectivity index (χ4n) is 2.42. The van der Waals surface area contributed by atoms with Crippen LogP contribution in [-0.4, -0.2) is 45.4 Å². The van der Waals surface area contributed by atoms with Crippen molar-refractivity contribution in [2.24, 2.45) is 0 Å². The quantitative estimate of drug-likeness (QED) is 0.906. The summed E-state index contributed by atoms with van der Waals surface area (Å²) in [6, 6.07) is 3.75. The van der Waals surface area contributed by atoms with Crippen LogP contribution in [0.3, 0.4) is 0 Å². The summed E-state index contributed by atoms with van der Waals surface area (Å²) < 4.78 is 0. The number of pyridine rings is 1. The molecule has 0 saturated carbocycles. The molecule has 1 aliphatic rings. The molecule has 1 amide bonds. The van der Waals surface area contributed by atoms with Gasteiger partial charge in [-0.05, 0) is 11.6 Å². The van der Waals surface area contributed by atoms with E-state index >= 15 is 0 Å². The van der Waals surface area contributed by atoms with E-state index in [0.29, 0.717) is 13.1 Å². The Kier molecular flexibility index (Phi) is 4.08.